The van der Waals surface area contributed by atoms with E-state index in [0.29, 0.717) is 0 Å². The van der Waals surface area contributed by atoms with Crippen LogP contribution in [0.3, 0.4) is 0 Å². The number of thiophene rings is 2. The van der Waals surface area contributed by atoms with Gasteiger partial charge in [0.15, 0.2) is 5.78 Å². The van der Waals surface area contributed by atoms with Crippen molar-refractivity contribution < 1.29 is 4.79 Å². The summed E-state index contributed by atoms with van der Waals surface area (Å²) in [4.78, 5) is 14.5. The summed E-state index contributed by atoms with van der Waals surface area (Å²) < 4.78 is 0. The van der Waals surface area contributed by atoms with Gasteiger partial charge in [-0.25, -0.2) is 0 Å². The van der Waals surface area contributed by atoms with Crippen molar-refractivity contribution in [3.8, 4) is 10.4 Å². The van der Waals surface area contributed by atoms with Crippen LogP contribution in [0.15, 0.2) is 23.6 Å². The highest BCUT2D eigenvalue weighted by molar-refractivity contribution is 7.18. The van der Waals surface area contributed by atoms with E-state index in [1.807, 2.05) is 12.1 Å². The van der Waals surface area contributed by atoms with Gasteiger partial charge < -0.3 is 0 Å². The van der Waals surface area contributed by atoms with E-state index in [2.05, 4.69) is 18.4 Å². The van der Waals surface area contributed by atoms with E-state index in [-0.39, 0.29) is 5.78 Å². The summed E-state index contributed by atoms with van der Waals surface area (Å²) in [6, 6.07) is 6.03. The van der Waals surface area contributed by atoms with Gasteiger partial charge in [0.25, 0.3) is 0 Å². The Morgan fingerprint density at radius 1 is 1.29 bits per heavy atom. The first kappa shape index (κ1) is 9.62. The summed E-state index contributed by atoms with van der Waals surface area (Å²) in [7, 11) is 0. The van der Waals surface area contributed by atoms with Crippen molar-refractivity contribution in [2.75, 3.05) is 0 Å². The second kappa shape index (κ2) is 3.67. The summed E-state index contributed by atoms with van der Waals surface area (Å²) in [5, 5.41) is 2.08. The Balaban J connectivity index is 2.43. The first-order valence-corrected chi connectivity index (χ1v) is 6.03. The first-order valence-electron chi connectivity index (χ1n) is 4.33. The number of hydrogen-bond acceptors (Lipinski definition) is 3. The summed E-state index contributed by atoms with van der Waals surface area (Å²) in [5.74, 6) is 0.147. The number of aryl methyl sites for hydroxylation is 1. The molecule has 72 valence electrons. The minimum Gasteiger partial charge on any atom is -0.294 e. The Hall–Kier alpha value is -0.930. The summed E-state index contributed by atoms with van der Waals surface area (Å²) >= 11 is 3.31. The number of carbonyl (C=O) groups excluding carboxylic acids is 1. The molecule has 0 atom stereocenters. The Morgan fingerprint density at radius 3 is 2.57 bits per heavy atom. The van der Waals surface area contributed by atoms with Gasteiger partial charge in [-0.05, 0) is 37.4 Å². The van der Waals surface area contributed by atoms with Crippen molar-refractivity contribution in [1.82, 2.24) is 0 Å². The number of rotatable bonds is 2. The lowest BCUT2D eigenvalue weighted by atomic mass is 10.2. The van der Waals surface area contributed by atoms with Gasteiger partial charge in [-0.2, -0.15) is 0 Å². The Labute approximate surface area is 91.0 Å². The third-order valence-electron chi connectivity index (χ3n) is 2.08. The molecule has 0 aromatic carbocycles. The molecule has 1 nitrogen and oxygen atoms in total. The molecule has 0 fully saturated rings. The van der Waals surface area contributed by atoms with Crippen LogP contribution >= 0.6 is 22.7 Å². The fourth-order valence-corrected chi connectivity index (χ4v) is 3.07. The fourth-order valence-electron chi connectivity index (χ4n) is 1.31. The molecule has 14 heavy (non-hydrogen) atoms. The van der Waals surface area contributed by atoms with Crippen LogP contribution in [0.1, 0.15) is 21.5 Å². The van der Waals surface area contributed by atoms with Crippen LogP contribution in [0.5, 0.6) is 0 Å². The number of hydrogen-bond donors (Lipinski definition) is 0. The van der Waals surface area contributed by atoms with Crippen LogP contribution in [0.2, 0.25) is 0 Å². The van der Waals surface area contributed by atoms with Crippen molar-refractivity contribution in [3.63, 3.8) is 0 Å². The van der Waals surface area contributed by atoms with Crippen molar-refractivity contribution in [2.24, 2.45) is 0 Å². The van der Waals surface area contributed by atoms with Crippen molar-refractivity contribution in [3.05, 3.63) is 33.3 Å². The predicted octanol–water partition coefficient (Wildman–Crippen LogP) is 3.99. The second-order valence-corrected chi connectivity index (χ2v) is 5.31. The topological polar surface area (TPSA) is 17.1 Å². The largest absolute Gasteiger partial charge is 0.294 e. The normalized spacial score (nSPS) is 10.4. The zero-order valence-electron chi connectivity index (χ0n) is 8.03. The standard InChI is InChI=1S/C11H10OS2/c1-7(12)10-3-4-11(14-10)9-5-6-13-8(9)2/h3-6H,1-2H3. The quantitative estimate of drug-likeness (QED) is 0.702. The highest BCUT2D eigenvalue weighted by atomic mass is 32.1. The lowest BCUT2D eigenvalue weighted by Crippen LogP contribution is -1.83. The van der Waals surface area contributed by atoms with Crippen LogP contribution in [0.25, 0.3) is 10.4 Å². The third-order valence-corrected chi connectivity index (χ3v) is 4.14. The summed E-state index contributed by atoms with van der Waals surface area (Å²) in [6.07, 6.45) is 0. The Morgan fingerprint density at radius 2 is 2.07 bits per heavy atom. The Kier molecular flexibility index (Phi) is 2.52. The van der Waals surface area contributed by atoms with Gasteiger partial charge in [-0.15, -0.1) is 22.7 Å². The molecule has 0 saturated carbocycles. The number of ketones is 1. The molecule has 3 heteroatoms. The minimum atomic E-state index is 0.147. The molecule has 0 N–H and O–H groups in total. The van der Waals surface area contributed by atoms with Crippen LogP contribution < -0.4 is 0 Å². The maximum Gasteiger partial charge on any atom is 0.169 e. The zero-order chi connectivity index (χ0) is 10.1. The van der Waals surface area contributed by atoms with Gasteiger partial charge in [0.05, 0.1) is 4.88 Å². The van der Waals surface area contributed by atoms with Crippen LogP contribution in [0, 0.1) is 6.92 Å². The highest BCUT2D eigenvalue weighted by Crippen LogP contribution is 2.33. The van der Waals surface area contributed by atoms with E-state index in [9.17, 15) is 4.79 Å². The van der Waals surface area contributed by atoms with Gasteiger partial charge in [0.1, 0.15) is 0 Å². The van der Waals surface area contributed by atoms with Crippen molar-refractivity contribution >= 4 is 28.5 Å². The van der Waals surface area contributed by atoms with Crippen molar-refractivity contribution in [1.29, 1.82) is 0 Å². The van der Waals surface area contributed by atoms with Crippen LogP contribution in [-0.2, 0) is 0 Å². The molecule has 0 aliphatic rings. The maximum atomic E-state index is 11.1. The van der Waals surface area contributed by atoms with E-state index in [1.54, 1.807) is 29.6 Å². The molecule has 0 bridgehead atoms. The molecular weight excluding hydrogens is 212 g/mol. The average Bonchev–Trinajstić information content (AvgIpc) is 2.71. The molecule has 0 radical (unpaired) electrons. The molecule has 0 unspecified atom stereocenters. The predicted molar refractivity (Wildman–Crippen MR) is 62.4 cm³/mol. The lowest BCUT2D eigenvalue weighted by molar-refractivity contribution is 0.102. The van der Waals surface area contributed by atoms with E-state index in [1.165, 1.54) is 15.3 Å². The smallest absolute Gasteiger partial charge is 0.169 e. The lowest BCUT2D eigenvalue weighted by Gasteiger charge is -1.93. The first-order chi connectivity index (χ1) is 6.68. The van der Waals surface area contributed by atoms with Gasteiger partial charge in [-0.1, -0.05) is 0 Å². The highest BCUT2D eigenvalue weighted by Gasteiger charge is 2.08. The Bertz CT molecular complexity index is 465. The van der Waals surface area contributed by atoms with E-state index in [0.717, 1.165) is 4.88 Å². The third kappa shape index (κ3) is 1.65. The van der Waals surface area contributed by atoms with Gasteiger partial charge in [0, 0.05) is 15.3 Å². The summed E-state index contributed by atoms with van der Waals surface area (Å²) in [6.45, 7) is 3.71. The van der Waals surface area contributed by atoms with E-state index < -0.39 is 0 Å². The van der Waals surface area contributed by atoms with Gasteiger partial charge >= 0.3 is 0 Å². The van der Waals surface area contributed by atoms with E-state index >= 15 is 0 Å². The molecule has 2 heterocycles. The average molecular weight is 222 g/mol. The van der Waals surface area contributed by atoms with Crippen LogP contribution in [0.4, 0.5) is 0 Å². The SMILES string of the molecule is CC(=O)c1ccc(-c2ccsc2C)s1. The van der Waals surface area contributed by atoms with E-state index in [4.69, 9.17) is 0 Å². The molecule has 2 rings (SSSR count). The molecule has 2 aromatic heterocycles. The zero-order valence-corrected chi connectivity index (χ0v) is 9.67. The fraction of sp³-hybridized carbons (Fsp3) is 0.182. The maximum absolute atomic E-state index is 11.1. The molecule has 0 saturated heterocycles. The molecule has 2 aromatic rings. The number of Topliss-reactive ketones (excluding diaryl/α,β-unsaturated/α-hetero) is 1. The minimum absolute atomic E-state index is 0.147. The van der Waals surface area contributed by atoms with Gasteiger partial charge in [0.2, 0.25) is 0 Å². The monoisotopic (exact) mass is 222 g/mol. The van der Waals surface area contributed by atoms with Gasteiger partial charge in [-0.3, -0.25) is 4.79 Å². The molecule has 0 aliphatic heterocycles. The molecule has 0 aliphatic carbocycles. The summed E-state index contributed by atoms with van der Waals surface area (Å²) in [5.41, 5.74) is 1.26. The molecule has 0 amide bonds. The molecule has 0 spiro atoms. The molecular formula is C11H10OS2. The second-order valence-electron chi connectivity index (χ2n) is 3.11. The van der Waals surface area contributed by atoms with Crippen LogP contribution in [-0.4, -0.2) is 5.78 Å². The number of carbonyl (C=O) groups is 1. The van der Waals surface area contributed by atoms with Crippen molar-refractivity contribution in [2.45, 2.75) is 13.8 Å².